The summed E-state index contributed by atoms with van der Waals surface area (Å²) in [5.74, 6) is 2.49. The van der Waals surface area contributed by atoms with Gasteiger partial charge in [0.15, 0.2) is 53.1 Å². The summed E-state index contributed by atoms with van der Waals surface area (Å²) in [6, 6.07) is 7.49. The Balaban J connectivity index is 0.649. The number of piperidine rings is 2. The third-order valence-corrected chi connectivity index (χ3v) is 22.2. The van der Waals surface area contributed by atoms with Crippen LogP contribution in [0.25, 0.3) is 9.40 Å². The molecule has 0 amide bonds. The molecule has 6 aliphatic carbocycles. The van der Waals surface area contributed by atoms with Crippen LogP contribution in [0.1, 0.15) is 109 Å². The molecule has 10 aliphatic rings. The van der Waals surface area contributed by atoms with Crippen molar-refractivity contribution in [3.05, 3.63) is 66.3 Å². The van der Waals surface area contributed by atoms with Crippen molar-refractivity contribution in [2.45, 2.75) is 155 Å². The molecule has 4 saturated carbocycles. The number of Topliss-reactive ketones (excluding diaryl/α,β-unsaturated/α-hetero) is 2. The lowest BCUT2D eigenvalue weighted by Gasteiger charge is -2.62. The van der Waals surface area contributed by atoms with E-state index in [1.165, 1.54) is 48.4 Å². The van der Waals surface area contributed by atoms with Crippen molar-refractivity contribution in [1.82, 2.24) is 9.80 Å². The summed E-state index contributed by atoms with van der Waals surface area (Å²) in [5.41, 5.74) is 0.0460. The van der Waals surface area contributed by atoms with Gasteiger partial charge in [-0.15, -0.1) is 22.7 Å². The average molecular weight is 1000 g/mol. The van der Waals surface area contributed by atoms with Gasteiger partial charge in [0, 0.05) is 65.3 Å². The first-order valence-corrected chi connectivity index (χ1v) is 27.3. The molecule has 14 rings (SSSR count). The number of fused-ring (bicyclic) bond motifs is 1. The number of halogens is 2. The van der Waals surface area contributed by atoms with Gasteiger partial charge in [-0.05, 0) is 125 Å². The molecule has 2 spiro atoms. The highest BCUT2D eigenvalue weighted by Gasteiger charge is 2.75. The number of thiophene rings is 2. The number of esters is 1. The van der Waals surface area contributed by atoms with Crippen molar-refractivity contribution in [1.29, 1.82) is 0 Å². The van der Waals surface area contributed by atoms with E-state index in [1.54, 1.807) is 6.07 Å². The zero-order valence-corrected chi connectivity index (χ0v) is 40.8. The molecule has 358 valence electrons. The van der Waals surface area contributed by atoms with Gasteiger partial charge in [-0.1, -0.05) is 35.3 Å². The van der Waals surface area contributed by atoms with E-state index in [0.717, 1.165) is 67.6 Å². The largest absolute Gasteiger partial charge is 0.477 e. The second-order valence-electron chi connectivity index (χ2n) is 21.8. The minimum absolute atomic E-state index is 0.00327. The fourth-order valence-electron chi connectivity index (χ4n) is 14.8. The fourth-order valence-corrected chi connectivity index (χ4v) is 18.3. The number of carbonyl (C=O) groups excluding carboxylic acids is 3. The quantitative estimate of drug-likeness (QED) is 0.0695. The number of benzene rings is 2. The molecule has 9 atom stereocenters. The van der Waals surface area contributed by atoms with Gasteiger partial charge in [-0.3, -0.25) is 24.2 Å². The molecule has 1 unspecified atom stereocenters. The molecule has 2 aromatic heterocycles. The van der Waals surface area contributed by atoms with Crippen molar-refractivity contribution >= 4 is 72.8 Å². The molecule has 2 saturated heterocycles. The number of ether oxygens (including phenoxy) is 4. The van der Waals surface area contributed by atoms with Gasteiger partial charge in [-0.2, -0.15) is 0 Å². The third kappa shape index (κ3) is 5.92. The van der Waals surface area contributed by atoms with Crippen LogP contribution in [0.15, 0.2) is 24.3 Å². The normalized spacial score (nSPS) is 34.4. The number of nitrogens with zero attached hydrogens (tertiary/aromatic N) is 2. The Bertz CT molecular complexity index is 2880. The minimum Gasteiger partial charge on any atom is -0.477 e. The Morgan fingerprint density at radius 3 is 1.76 bits per heavy atom. The predicted molar refractivity (Wildman–Crippen MR) is 255 cm³/mol. The lowest BCUT2D eigenvalue weighted by Crippen LogP contribution is -2.76. The van der Waals surface area contributed by atoms with Crippen LogP contribution >= 0.6 is 45.9 Å². The van der Waals surface area contributed by atoms with E-state index < -0.39 is 46.5 Å². The highest BCUT2D eigenvalue weighted by molar-refractivity contribution is 7.29. The minimum atomic E-state index is -1.20. The summed E-state index contributed by atoms with van der Waals surface area (Å²) in [5, 5.41) is 37.7. The molecule has 16 heteroatoms. The molecule has 4 bridgehead atoms. The summed E-state index contributed by atoms with van der Waals surface area (Å²) in [4.78, 5) is 47.3. The van der Waals surface area contributed by atoms with E-state index in [9.17, 15) is 29.7 Å². The Kier molecular flexibility index (Phi) is 9.66. The van der Waals surface area contributed by atoms with Gasteiger partial charge < -0.3 is 34.3 Å². The molecular weight excluding hydrogens is 948 g/mol. The number of aliphatic hydroxyl groups excluding tert-OH is 1. The van der Waals surface area contributed by atoms with Crippen LogP contribution in [0.4, 0.5) is 0 Å². The number of rotatable bonds is 13. The Morgan fingerprint density at radius 1 is 0.735 bits per heavy atom. The zero-order valence-electron chi connectivity index (χ0n) is 37.7. The summed E-state index contributed by atoms with van der Waals surface area (Å²) in [6.07, 6.45) is 7.21. The molecule has 4 aromatic rings. The summed E-state index contributed by atoms with van der Waals surface area (Å²) in [7, 11) is 0. The fraction of sp³-hybridized carbons (Fsp3) is 0.596. The first-order chi connectivity index (χ1) is 32.8. The summed E-state index contributed by atoms with van der Waals surface area (Å²) >= 11 is 16.9. The monoisotopic (exact) mass is 1000 g/mol. The zero-order chi connectivity index (χ0) is 46.2. The van der Waals surface area contributed by atoms with Gasteiger partial charge in [0.2, 0.25) is 0 Å². The van der Waals surface area contributed by atoms with Crippen molar-refractivity contribution in [2.24, 2.45) is 11.8 Å². The van der Waals surface area contributed by atoms with E-state index in [-0.39, 0.29) is 55.1 Å². The number of aliphatic hydroxyl groups is 3. The first-order valence-electron chi connectivity index (χ1n) is 24.9. The van der Waals surface area contributed by atoms with Crippen molar-refractivity contribution in [3.8, 4) is 23.0 Å². The lowest BCUT2D eigenvalue weighted by molar-refractivity contribution is -0.188. The summed E-state index contributed by atoms with van der Waals surface area (Å²) < 4.78 is 26.9. The number of likely N-dealkylation sites (tertiary alicyclic amines) is 2. The number of aryl methyl sites for hydroxylation is 2. The second kappa shape index (κ2) is 15.1. The Labute approximate surface area is 411 Å². The van der Waals surface area contributed by atoms with E-state index in [1.807, 2.05) is 18.2 Å². The van der Waals surface area contributed by atoms with Crippen LogP contribution < -0.4 is 18.9 Å². The van der Waals surface area contributed by atoms with Crippen LogP contribution in [0.3, 0.4) is 0 Å². The first kappa shape index (κ1) is 43.5. The Morgan fingerprint density at radius 2 is 1.24 bits per heavy atom. The maximum absolute atomic E-state index is 13.6. The average Bonchev–Trinajstić information content (AvgIpc) is 4.20. The number of hydrogen-bond donors (Lipinski definition) is 3. The maximum atomic E-state index is 13.6. The standard InChI is InChI=1S/C52H54Cl2N2O10S2/c53-41-33(9-11-37(59)63-31-7-5-27-21-35-51(61)15-13-29(57)47-49(51,39(27)43(31)65-47)17-19-55(35)23-25-1-2-25)67-46-42(54)34(68-45(41)46)10-12-38(60)64-32-8-6-28-22-36-52(62)16-14-30(58)48-50(52,40(28)44(32)66-48)18-20-56(36)24-26-3-4-26/h5-8,25-26,35-37,47-48,59,61-62H,1-4,9-24H2/t35-,36-,37?,47+,48+,49+,50+,51-,52-/m1/s1. The van der Waals surface area contributed by atoms with Crippen molar-refractivity contribution < 1.29 is 48.7 Å². The molecule has 6 fully saturated rings. The third-order valence-electron chi connectivity index (χ3n) is 18.3. The van der Waals surface area contributed by atoms with Gasteiger partial charge in [0.1, 0.15) is 0 Å². The Hall–Kier alpha value is -3.31. The molecule has 0 radical (unpaired) electrons. The molecule has 12 nitrogen and oxygen atoms in total. The number of ketones is 2. The number of carbonyl (C=O) groups is 3. The van der Waals surface area contributed by atoms with Gasteiger partial charge in [-0.25, -0.2) is 0 Å². The van der Waals surface area contributed by atoms with Crippen LogP contribution in [0.5, 0.6) is 23.0 Å². The number of hydrogen-bond acceptors (Lipinski definition) is 14. The highest BCUT2D eigenvalue weighted by atomic mass is 35.5. The van der Waals surface area contributed by atoms with Crippen LogP contribution in [-0.4, -0.2) is 111 Å². The maximum Gasteiger partial charge on any atom is 0.311 e. The van der Waals surface area contributed by atoms with E-state index in [4.69, 9.17) is 42.1 Å². The molecule has 2 aromatic carbocycles. The van der Waals surface area contributed by atoms with Crippen molar-refractivity contribution in [3.63, 3.8) is 0 Å². The van der Waals surface area contributed by atoms with E-state index in [0.29, 0.717) is 90.5 Å². The molecule has 68 heavy (non-hydrogen) atoms. The second-order valence-corrected chi connectivity index (χ2v) is 24.8. The SMILES string of the molecule is O=C(CCc1sc2c(Cl)c(CCC(O)Oc3ccc4c5c3O[C@H]3C(=O)CC[C@@]6(O)[C@@H](C4)N(CC4CC4)CC[C@]536)sc2c1Cl)Oc1ccc2c3c1O[C@H]1C(=O)CC[C@@]4(O)[C@@H](C2)N(CC2CC2)CC[C@]314. The van der Waals surface area contributed by atoms with Crippen LogP contribution in [0, 0.1) is 11.8 Å². The predicted octanol–water partition coefficient (Wildman–Crippen LogP) is 7.40. The van der Waals surface area contributed by atoms with Gasteiger partial charge in [0.25, 0.3) is 0 Å². The molecular formula is C52H54Cl2N2O10S2. The van der Waals surface area contributed by atoms with Gasteiger partial charge in [0.05, 0.1) is 47.9 Å². The molecule has 4 aliphatic heterocycles. The van der Waals surface area contributed by atoms with Crippen molar-refractivity contribution in [2.75, 3.05) is 26.2 Å². The lowest BCUT2D eigenvalue weighted by atomic mass is 9.49. The molecule has 3 N–H and O–H groups in total. The molecule has 6 heterocycles. The van der Waals surface area contributed by atoms with E-state index in [2.05, 4.69) is 9.80 Å². The van der Waals surface area contributed by atoms with Gasteiger partial charge >= 0.3 is 5.97 Å². The topological polar surface area (TPSA) is 155 Å². The van der Waals surface area contributed by atoms with E-state index >= 15 is 0 Å². The van der Waals surface area contributed by atoms with Crippen LogP contribution in [0.2, 0.25) is 10.0 Å². The summed E-state index contributed by atoms with van der Waals surface area (Å²) in [6.45, 7) is 3.58. The smallest absolute Gasteiger partial charge is 0.311 e. The van der Waals surface area contributed by atoms with Crippen LogP contribution in [-0.2, 0) is 50.9 Å². The highest BCUT2D eigenvalue weighted by Crippen LogP contribution is 2.67.